The standard InChI is InChI=1S/C17H15N5O3/c1-9-15(24-8-20-9)17(23)22-6-11-13(19-7-18-11)14(22)16-21-10-4-2-3-5-12(10)25-16/h2-5,7-8,14,16,21H,6H2,1H3,(H,18,19)/t14-,16?/m1/s1. The highest BCUT2D eigenvalue weighted by Gasteiger charge is 2.45. The van der Waals surface area contributed by atoms with Crippen molar-refractivity contribution in [1.29, 1.82) is 0 Å². The van der Waals surface area contributed by atoms with Crippen LogP contribution in [0, 0.1) is 6.92 Å². The average Bonchev–Trinajstić information content (AvgIpc) is 3.36. The molecule has 8 heteroatoms. The quantitative estimate of drug-likeness (QED) is 0.744. The maximum absolute atomic E-state index is 13.0. The third-order valence-corrected chi connectivity index (χ3v) is 4.62. The third kappa shape index (κ3) is 2.03. The van der Waals surface area contributed by atoms with Crippen LogP contribution >= 0.6 is 0 Å². The molecule has 2 aliphatic rings. The van der Waals surface area contributed by atoms with Gasteiger partial charge in [-0.3, -0.25) is 4.79 Å². The van der Waals surface area contributed by atoms with Gasteiger partial charge in [0.05, 0.1) is 35.6 Å². The third-order valence-electron chi connectivity index (χ3n) is 4.62. The van der Waals surface area contributed by atoms with E-state index in [9.17, 15) is 4.79 Å². The van der Waals surface area contributed by atoms with Crippen LogP contribution < -0.4 is 10.1 Å². The van der Waals surface area contributed by atoms with Crippen molar-refractivity contribution in [3.63, 3.8) is 0 Å². The maximum Gasteiger partial charge on any atom is 0.292 e. The molecule has 0 bridgehead atoms. The Morgan fingerprint density at radius 1 is 1.32 bits per heavy atom. The zero-order valence-corrected chi connectivity index (χ0v) is 13.4. The van der Waals surface area contributed by atoms with E-state index in [2.05, 4.69) is 20.3 Å². The number of ether oxygens (including phenoxy) is 1. The largest absolute Gasteiger partial charge is 0.466 e. The summed E-state index contributed by atoms with van der Waals surface area (Å²) >= 11 is 0. The van der Waals surface area contributed by atoms with Crippen LogP contribution in [0.2, 0.25) is 0 Å². The van der Waals surface area contributed by atoms with Gasteiger partial charge in [0.25, 0.3) is 5.91 Å². The fourth-order valence-electron chi connectivity index (χ4n) is 3.42. The summed E-state index contributed by atoms with van der Waals surface area (Å²) in [5.41, 5.74) is 3.17. The molecule has 8 nitrogen and oxygen atoms in total. The first-order chi connectivity index (χ1) is 12.2. The number of benzene rings is 1. The van der Waals surface area contributed by atoms with Gasteiger partial charge in [0.1, 0.15) is 11.8 Å². The minimum atomic E-state index is -0.422. The Hall–Kier alpha value is -3.29. The first kappa shape index (κ1) is 14.1. The lowest BCUT2D eigenvalue weighted by molar-refractivity contribution is 0.0511. The zero-order chi connectivity index (χ0) is 17.0. The maximum atomic E-state index is 13.0. The van der Waals surface area contributed by atoms with Crippen LogP contribution in [-0.2, 0) is 6.54 Å². The van der Waals surface area contributed by atoms with Crippen LogP contribution in [0.25, 0.3) is 0 Å². The molecule has 1 amide bonds. The Bertz CT molecular complexity index is 938. The molecule has 2 N–H and O–H groups in total. The molecule has 2 atom stereocenters. The number of imidazole rings is 1. The molecular formula is C17H15N5O3. The number of hydrogen-bond donors (Lipinski definition) is 2. The summed E-state index contributed by atoms with van der Waals surface area (Å²) in [4.78, 5) is 26.2. The summed E-state index contributed by atoms with van der Waals surface area (Å²) in [7, 11) is 0. The van der Waals surface area contributed by atoms with Gasteiger partial charge >= 0.3 is 0 Å². The highest BCUT2D eigenvalue weighted by Crippen LogP contribution is 2.42. The molecule has 0 spiro atoms. The monoisotopic (exact) mass is 337 g/mol. The molecular weight excluding hydrogens is 322 g/mol. The minimum Gasteiger partial charge on any atom is -0.466 e. The molecule has 0 fully saturated rings. The van der Waals surface area contributed by atoms with Crippen LogP contribution in [0.1, 0.15) is 33.7 Å². The lowest BCUT2D eigenvalue weighted by Gasteiger charge is -2.28. The van der Waals surface area contributed by atoms with Crippen LogP contribution in [0.5, 0.6) is 5.75 Å². The minimum absolute atomic E-state index is 0.229. The smallest absolute Gasteiger partial charge is 0.292 e. The van der Waals surface area contributed by atoms with Gasteiger partial charge in [-0.05, 0) is 19.1 Å². The van der Waals surface area contributed by atoms with E-state index < -0.39 is 6.23 Å². The van der Waals surface area contributed by atoms with Gasteiger partial charge in [0.15, 0.2) is 12.6 Å². The van der Waals surface area contributed by atoms with Crippen LogP contribution in [-0.4, -0.2) is 32.0 Å². The van der Waals surface area contributed by atoms with Gasteiger partial charge in [0, 0.05) is 0 Å². The van der Waals surface area contributed by atoms with E-state index in [-0.39, 0.29) is 17.7 Å². The lowest BCUT2D eigenvalue weighted by Crippen LogP contribution is -2.41. The number of nitrogens with zero attached hydrogens (tertiary/aromatic N) is 3. The molecule has 0 aliphatic carbocycles. The zero-order valence-electron chi connectivity index (χ0n) is 13.4. The molecule has 0 saturated carbocycles. The van der Waals surface area contributed by atoms with E-state index in [4.69, 9.17) is 9.15 Å². The van der Waals surface area contributed by atoms with Crippen molar-refractivity contribution in [3.05, 3.63) is 59.8 Å². The van der Waals surface area contributed by atoms with Crippen molar-refractivity contribution in [3.8, 4) is 5.75 Å². The fourth-order valence-corrected chi connectivity index (χ4v) is 3.42. The number of amides is 1. The van der Waals surface area contributed by atoms with Crippen LogP contribution in [0.15, 0.2) is 41.4 Å². The van der Waals surface area contributed by atoms with Crippen molar-refractivity contribution >= 4 is 11.6 Å². The van der Waals surface area contributed by atoms with Crippen molar-refractivity contribution in [2.45, 2.75) is 25.7 Å². The number of hydrogen-bond acceptors (Lipinski definition) is 6. The number of rotatable bonds is 2. The molecule has 1 unspecified atom stereocenters. The van der Waals surface area contributed by atoms with Gasteiger partial charge in [-0.1, -0.05) is 12.1 Å². The lowest BCUT2D eigenvalue weighted by atomic mass is 10.1. The van der Waals surface area contributed by atoms with E-state index >= 15 is 0 Å². The molecule has 0 radical (unpaired) electrons. The highest BCUT2D eigenvalue weighted by molar-refractivity contribution is 5.93. The Morgan fingerprint density at radius 2 is 2.20 bits per heavy atom. The van der Waals surface area contributed by atoms with Crippen molar-refractivity contribution in [2.24, 2.45) is 0 Å². The van der Waals surface area contributed by atoms with Crippen molar-refractivity contribution < 1.29 is 13.9 Å². The van der Waals surface area contributed by atoms with E-state index in [0.29, 0.717) is 12.2 Å². The van der Waals surface area contributed by atoms with Gasteiger partial charge in [0.2, 0.25) is 5.76 Å². The van der Waals surface area contributed by atoms with Gasteiger partial charge in [-0.15, -0.1) is 0 Å². The Balaban J connectivity index is 1.51. The molecule has 5 rings (SSSR count). The van der Waals surface area contributed by atoms with Gasteiger partial charge in [-0.2, -0.15) is 0 Å². The summed E-state index contributed by atoms with van der Waals surface area (Å²) in [6, 6.07) is 7.33. The van der Waals surface area contributed by atoms with Gasteiger partial charge < -0.3 is 24.4 Å². The molecule has 2 aromatic heterocycles. The Labute approximate surface area is 142 Å². The highest BCUT2D eigenvalue weighted by atomic mass is 16.5. The first-order valence-electron chi connectivity index (χ1n) is 7.98. The van der Waals surface area contributed by atoms with E-state index in [1.54, 1.807) is 18.2 Å². The number of anilines is 1. The Kier molecular flexibility index (Phi) is 2.87. The molecule has 2 aliphatic heterocycles. The fraction of sp³-hybridized carbons (Fsp3) is 0.235. The summed E-state index contributed by atoms with van der Waals surface area (Å²) in [6.45, 7) is 2.16. The summed E-state index contributed by atoms with van der Waals surface area (Å²) in [5, 5.41) is 3.34. The van der Waals surface area contributed by atoms with Gasteiger partial charge in [-0.25, -0.2) is 9.97 Å². The molecule has 25 heavy (non-hydrogen) atoms. The first-order valence-corrected chi connectivity index (χ1v) is 7.98. The topological polar surface area (TPSA) is 96.3 Å². The number of nitrogens with one attached hydrogen (secondary N) is 2. The SMILES string of the molecule is Cc1ncoc1C(=O)N1Cc2[nH]cnc2[C@@H]1C1Nc2ccccc2O1. The van der Waals surface area contributed by atoms with E-state index in [1.165, 1.54) is 6.39 Å². The number of oxazole rings is 1. The Morgan fingerprint density at radius 3 is 3.00 bits per heavy atom. The summed E-state index contributed by atoms with van der Waals surface area (Å²) in [5.74, 6) is 0.776. The normalized spacial score (nSPS) is 20.8. The number of para-hydroxylation sites is 2. The number of carbonyl (C=O) groups is 1. The van der Waals surface area contributed by atoms with Crippen LogP contribution in [0.4, 0.5) is 5.69 Å². The molecule has 4 heterocycles. The number of aromatic amines is 1. The number of H-pyrrole nitrogens is 1. The van der Waals surface area contributed by atoms with E-state index in [1.807, 2.05) is 24.3 Å². The second kappa shape index (κ2) is 5.10. The summed E-state index contributed by atoms with van der Waals surface area (Å²) in [6.07, 6.45) is 2.50. The molecule has 1 aromatic carbocycles. The van der Waals surface area contributed by atoms with E-state index in [0.717, 1.165) is 22.8 Å². The predicted molar refractivity (Wildman–Crippen MR) is 86.9 cm³/mol. The predicted octanol–water partition coefficient (Wildman–Crippen LogP) is 2.23. The second-order valence-corrected chi connectivity index (χ2v) is 6.09. The molecule has 0 saturated heterocycles. The van der Waals surface area contributed by atoms with Crippen molar-refractivity contribution in [2.75, 3.05) is 5.32 Å². The molecule has 3 aromatic rings. The number of carbonyl (C=O) groups excluding carboxylic acids is 1. The number of fused-ring (bicyclic) bond motifs is 2. The van der Waals surface area contributed by atoms with Crippen LogP contribution in [0.3, 0.4) is 0 Å². The van der Waals surface area contributed by atoms with Crippen molar-refractivity contribution in [1.82, 2.24) is 19.9 Å². The number of aromatic nitrogens is 3. The summed E-state index contributed by atoms with van der Waals surface area (Å²) < 4.78 is 11.3. The molecule has 126 valence electrons. The second-order valence-electron chi connectivity index (χ2n) is 6.09. The average molecular weight is 337 g/mol. The number of aryl methyl sites for hydroxylation is 1.